The molecule has 8 heterocycles. The third-order valence-corrected chi connectivity index (χ3v) is 29.2. The van der Waals surface area contributed by atoms with E-state index in [1.807, 2.05) is 36.4 Å². The molecule has 27 nitrogen and oxygen atoms in total. The zero-order valence-corrected chi connectivity index (χ0v) is 71.4. The third kappa shape index (κ3) is 19.7. The van der Waals surface area contributed by atoms with Crippen LogP contribution in [-0.2, 0) is 47.1 Å². The number of fused-ring (bicyclic) bond motifs is 2. The van der Waals surface area contributed by atoms with Crippen LogP contribution in [0, 0.1) is 37.0 Å². The number of carbonyl (C=O) groups excluding carboxylic acids is 2. The van der Waals surface area contributed by atoms with Crippen molar-refractivity contribution in [1.82, 2.24) is 39.2 Å². The predicted molar refractivity (Wildman–Crippen MR) is 471 cm³/mol. The summed E-state index contributed by atoms with van der Waals surface area (Å²) in [5, 5.41) is 27.3. The van der Waals surface area contributed by atoms with Gasteiger partial charge in [-0.1, -0.05) is 83.6 Å². The van der Waals surface area contributed by atoms with E-state index in [0.29, 0.717) is 90.6 Å². The second-order valence-electron chi connectivity index (χ2n) is 33.8. The first-order valence-electron chi connectivity index (χ1n) is 42.4. The van der Waals surface area contributed by atoms with E-state index in [4.69, 9.17) is 46.9 Å². The lowest BCUT2D eigenvalue weighted by molar-refractivity contribution is -0.386. The number of piperazine rings is 2. The highest BCUT2D eigenvalue weighted by molar-refractivity contribution is 7.90. The van der Waals surface area contributed by atoms with Crippen molar-refractivity contribution < 1.29 is 60.0 Å². The standard InChI is InChI=1S/C46H49ClN6O8S.C46H49ClN6O7S/c47-35-6-2-31(3-7-35)41-27-46(14-1-15-46)16-12-34(41)29-51-18-20-52(21-19-51)36-8-11-40(43(25-36)61-38-24-33-13-17-48-44(33)49-28-38)45(54)50-62(57,58)39-10-5-32(42(26-39)53(55)56)4-9-37-30-59-22-23-60-37;47-36-5-2-32(3-6-36)41-28-46(14-1-15-46)16-10-35(41)30-51-18-20-52(21-19-51)37-7-9-40(43(26-37)60-38-25-34-11-17-48-44(34)49-29-38)45(54)50-61(57,58)39-8-4-33(42(27-39)53(55)56)24-31-12-22-59-23-13-31/h2-3,5-8,10-11,13,17,24-26,28,37H,1,4,9,12,14-16,18-23,27,29-30H2,(H,48,49)(H,50,54);2-9,11,17,25-27,29,31H,1,10,12-16,18-24,28,30H2,(H,48,49)(H,50,54)/t37-;/m1./s1. The average Bonchev–Trinajstić information content (AvgIpc) is 0.797. The van der Waals surface area contributed by atoms with Crippen LogP contribution in [0.3, 0.4) is 0 Å². The number of hydrogen-bond acceptors (Lipinski definition) is 21. The molecule has 4 aliphatic carbocycles. The number of nitro benzene ring substituents is 2. The maximum absolute atomic E-state index is 13.9. The van der Waals surface area contributed by atoms with E-state index in [-0.39, 0.29) is 57.3 Å². The number of aromatic nitrogens is 4. The van der Waals surface area contributed by atoms with Crippen LogP contribution in [-0.4, -0.2) is 173 Å². The molecule has 18 rings (SSSR count). The number of aryl methyl sites for hydroxylation is 1. The molecule has 123 heavy (non-hydrogen) atoms. The van der Waals surface area contributed by atoms with Crippen molar-refractivity contribution in [1.29, 1.82) is 0 Å². The number of sulfonamides is 2. The number of benzene rings is 6. The number of H-pyrrole nitrogens is 2. The minimum atomic E-state index is -4.55. The number of carbonyl (C=O) groups is 2. The number of halogens is 2. The van der Waals surface area contributed by atoms with Crippen LogP contribution in [0.15, 0.2) is 191 Å². The van der Waals surface area contributed by atoms with E-state index in [0.717, 1.165) is 148 Å². The highest BCUT2D eigenvalue weighted by Crippen LogP contribution is 2.57. The number of nitro groups is 2. The summed E-state index contributed by atoms with van der Waals surface area (Å²) in [6.07, 6.45) is 23.9. The number of aromatic amines is 2. The molecule has 2 amide bonds. The van der Waals surface area contributed by atoms with E-state index in [2.05, 4.69) is 73.2 Å². The molecule has 2 spiro atoms. The van der Waals surface area contributed by atoms with Gasteiger partial charge in [0.1, 0.15) is 34.3 Å². The van der Waals surface area contributed by atoms with Crippen LogP contribution in [0.5, 0.6) is 23.0 Å². The summed E-state index contributed by atoms with van der Waals surface area (Å²) in [7, 11) is -9.07. The van der Waals surface area contributed by atoms with Gasteiger partial charge in [0.2, 0.25) is 0 Å². The second kappa shape index (κ2) is 36.7. The molecule has 4 aromatic heterocycles. The first-order chi connectivity index (χ1) is 59.5. The van der Waals surface area contributed by atoms with Crippen LogP contribution in [0.4, 0.5) is 22.7 Å². The van der Waals surface area contributed by atoms with Crippen molar-refractivity contribution in [2.24, 2.45) is 16.7 Å². The molecule has 4 aliphatic heterocycles. The zero-order chi connectivity index (χ0) is 85.0. The summed E-state index contributed by atoms with van der Waals surface area (Å²) in [5.41, 5.74) is 12.5. The van der Waals surface area contributed by atoms with Gasteiger partial charge < -0.3 is 43.5 Å². The number of pyridine rings is 2. The van der Waals surface area contributed by atoms with E-state index in [1.165, 1.54) is 121 Å². The Hall–Kier alpha value is -10.6. The van der Waals surface area contributed by atoms with Gasteiger partial charge in [-0.3, -0.25) is 39.6 Å². The van der Waals surface area contributed by atoms with Gasteiger partial charge in [-0.05, 0) is 220 Å². The lowest BCUT2D eigenvalue weighted by Gasteiger charge is -2.47. The summed E-state index contributed by atoms with van der Waals surface area (Å²) in [6, 6.07) is 41.5. The summed E-state index contributed by atoms with van der Waals surface area (Å²) >= 11 is 12.6. The van der Waals surface area contributed by atoms with Crippen LogP contribution in [0.25, 0.3) is 33.2 Å². The van der Waals surface area contributed by atoms with Gasteiger partial charge in [0, 0.05) is 159 Å². The maximum Gasteiger partial charge on any atom is 0.273 e. The Kier molecular flexibility index (Phi) is 25.2. The molecule has 4 N–H and O–H groups in total. The van der Waals surface area contributed by atoms with E-state index in [9.17, 15) is 46.7 Å². The van der Waals surface area contributed by atoms with Gasteiger partial charge in [0.15, 0.2) is 0 Å². The fourth-order valence-corrected chi connectivity index (χ4v) is 20.9. The lowest BCUT2D eigenvalue weighted by atomic mass is 9.59. The highest BCUT2D eigenvalue weighted by Gasteiger charge is 2.43. The maximum atomic E-state index is 13.9. The summed E-state index contributed by atoms with van der Waals surface area (Å²) < 4.78 is 88.2. The summed E-state index contributed by atoms with van der Waals surface area (Å²) in [6.45, 7) is 10.6. The van der Waals surface area contributed by atoms with Crippen molar-refractivity contribution in [2.75, 3.05) is 108 Å². The number of amides is 2. The molecular formula is C92H98Cl2N12O15S2. The fourth-order valence-electron chi connectivity index (χ4n) is 18.7. The molecule has 10 aromatic rings. The molecule has 31 heteroatoms. The van der Waals surface area contributed by atoms with Crippen LogP contribution < -0.4 is 28.7 Å². The quantitative estimate of drug-likeness (QED) is 0.0305. The Balaban J connectivity index is 0.000000175. The van der Waals surface area contributed by atoms with Gasteiger partial charge in [-0.2, -0.15) is 0 Å². The Labute approximate surface area is 723 Å². The molecular weight excluding hydrogens is 1650 g/mol. The SMILES string of the molecule is O=C(NS(=O)(=O)c1ccc(CC2CCOCC2)c([N+](=O)[O-])c1)c1ccc(N2CCN(CC3=C(c4ccc(Cl)cc4)CC4(CCC4)CC3)CC2)cc1Oc1cnc2[nH]ccc2c1.O=C(NS(=O)(=O)c1ccc(CC[C@@H]2COCCO2)c([N+](=O)[O-])c1)c1ccc(N2CCN(CC3=C(c4ccc(Cl)cc4)CC4(CCC4)CC3)CC2)cc1Oc1cnc2[nH]ccc2c1. The minimum Gasteiger partial charge on any atom is -0.455 e. The molecule has 0 bridgehead atoms. The van der Waals surface area contributed by atoms with Gasteiger partial charge in [-0.15, -0.1) is 0 Å². The monoisotopic (exact) mass is 1740 g/mol. The zero-order valence-electron chi connectivity index (χ0n) is 68.2. The number of nitrogens with one attached hydrogen (secondary N) is 4. The topological polar surface area (TPSA) is 329 Å². The van der Waals surface area contributed by atoms with Gasteiger partial charge in [-0.25, -0.2) is 36.2 Å². The largest absolute Gasteiger partial charge is 0.455 e. The van der Waals surface area contributed by atoms with E-state index >= 15 is 0 Å². The predicted octanol–water partition coefficient (Wildman–Crippen LogP) is 17.2. The van der Waals surface area contributed by atoms with Gasteiger partial charge >= 0.3 is 0 Å². The van der Waals surface area contributed by atoms with Crippen molar-refractivity contribution in [2.45, 2.75) is 125 Å². The van der Waals surface area contributed by atoms with Crippen LogP contribution >= 0.6 is 23.2 Å². The second-order valence-corrected chi connectivity index (χ2v) is 38.1. The van der Waals surface area contributed by atoms with Gasteiger partial charge in [0.05, 0.1) is 69.1 Å². The minimum absolute atomic E-state index is 0.0195. The van der Waals surface area contributed by atoms with E-state index < -0.39 is 46.6 Å². The van der Waals surface area contributed by atoms with Gasteiger partial charge in [0.25, 0.3) is 43.2 Å². The van der Waals surface area contributed by atoms with Crippen molar-refractivity contribution in [3.05, 3.63) is 245 Å². The Morgan fingerprint density at radius 3 is 1.44 bits per heavy atom. The van der Waals surface area contributed by atoms with Crippen molar-refractivity contribution in [3.8, 4) is 23.0 Å². The first-order valence-corrected chi connectivity index (χ1v) is 46.1. The third-order valence-electron chi connectivity index (χ3n) is 26.1. The summed E-state index contributed by atoms with van der Waals surface area (Å²) in [4.78, 5) is 74.5. The normalized spacial score (nSPS) is 19.0. The molecule has 4 saturated heterocycles. The number of rotatable bonds is 25. The molecule has 8 aliphatic rings. The molecule has 6 aromatic carbocycles. The van der Waals surface area contributed by atoms with E-state index in [1.54, 1.807) is 60.9 Å². The van der Waals surface area contributed by atoms with Crippen LogP contribution in [0.1, 0.15) is 139 Å². The fraction of sp³-hybridized carbons (Fsp3) is 0.391. The highest BCUT2D eigenvalue weighted by atomic mass is 35.5. The molecule has 2 saturated carbocycles. The average molecular weight is 1750 g/mol. The lowest BCUT2D eigenvalue weighted by Crippen LogP contribution is -2.47. The smallest absolute Gasteiger partial charge is 0.273 e. The number of allylic oxidation sites excluding steroid dienone is 2. The number of ether oxygens (including phenoxy) is 5. The van der Waals surface area contributed by atoms with Crippen molar-refractivity contribution >= 4 is 111 Å². The molecule has 0 radical (unpaired) electrons. The molecule has 642 valence electrons. The number of hydrogen-bond donors (Lipinski definition) is 4. The number of nitrogens with zero attached hydrogens (tertiary/aromatic N) is 8. The summed E-state index contributed by atoms with van der Waals surface area (Å²) in [5.74, 6) is -0.691. The first kappa shape index (κ1) is 84.6. The Morgan fingerprint density at radius 1 is 0.537 bits per heavy atom. The number of anilines is 2. The molecule has 6 fully saturated rings. The molecule has 0 unspecified atom stereocenters. The Bertz CT molecular complexity index is 5930. The Morgan fingerprint density at radius 2 is 1.00 bits per heavy atom. The van der Waals surface area contributed by atoms with Crippen LogP contribution in [0.2, 0.25) is 10.0 Å². The van der Waals surface area contributed by atoms with Crippen molar-refractivity contribution in [3.63, 3.8) is 0 Å². The molecule has 1 atom stereocenters.